The summed E-state index contributed by atoms with van der Waals surface area (Å²) in [4.78, 5) is 29.5. The maximum absolute atomic E-state index is 13.7. The number of benzene rings is 4. The topological polar surface area (TPSA) is 152 Å². The molecule has 8 nitrogen and oxygen atoms in total. The molecule has 0 radical (unpaired) electrons. The lowest BCUT2D eigenvalue weighted by molar-refractivity contribution is -0.114. The summed E-state index contributed by atoms with van der Waals surface area (Å²) in [6, 6.07) is 28.5. The highest BCUT2D eigenvalue weighted by atomic mass is 16.5. The van der Waals surface area contributed by atoms with Crippen molar-refractivity contribution in [2.45, 2.75) is 83.2 Å². The number of ether oxygens (including phenoxy) is 1. The molecule has 7 N–H and O–H groups in total. The number of fused-ring (bicyclic) bond motifs is 2. The van der Waals surface area contributed by atoms with Gasteiger partial charge in [0.2, 0.25) is 0 Å². The van der Waals surface area contributed by atoms with Crippen LogP contribution in [0.5, 0.6) is 17.2 Å². The maximum Gasteiger partial charge on any atom is 0.165 e. The van der Waals surface area contributed by atoms with E-state index >= 15 is 0 Å². The van der Waals surface area contributed by atoms with Crippen LogP contribution in [0, 0.1) is 17.8 Å². The number of Topliss-reactive ketones (excluding diaryl/α,β-unsaturated/α-hetero) is 1. The van der Waals surface area contributed by atoms with Crippen LogP contribution in [0.2, 0.25) is 0 Å². The Morgan fingerprint density at radius 1 is 0.895 bits per heavy atom. The lowest BCUT2D eigenvalue weighted by atomic mass is 9.81. The number of allylic oxidation sites excluding steroid dienone is 2. The molecule has 0 amide bonds. The second-order valence-electron chi connectivity index (χ2n) is 15.1. The molecule has 0 saturated carbocycles. The van der Waals surface area contributed by atoms with E-state index in [1.807, 2.05) is 48.5 Å². The van der Waals surface area contributed by atoms with Crippen LogP contribution in [-0.2, 0) is 30.5 Å². The third kappa shape index (κ3) is 11.3. The Balaban J connectivity index is 1.04. The van der Waals surface area contributed by atoms with Crippen molar-refractivity contribution < 1.29 is 24.5 Å². The minimum atomic E-state index is -0.686. The molecule has 57 heavy (non-hydrogen) atoms. The molecular formula is C49H53N3O5. The Labute approximate surface area is 336 Å². The number of nitrogens with two attached hydrogens (primary N) is 2. The summed E-state index contributed by atoms with van der Waals surface area (Å²) < 4.78 is 6.05. The number of unbranched alkanes of at least 4 members (excludes halogenated alkanes) is 1. The Hall–Kier alpha value is -5.88. The van der Waals surface area contributed by atoms with Gasteiger partial charge in [-0.3, -0.25) is 9.59 Å². The van der Waals surface area contributed by atoms with E-state index in [-0.39, 0.29) is 36.1 Å². The van der Waals surface area contributed by atoms with Gasteiger partial charge in [-0.05, 0) is 102 Å². The van der Waals surface area contributed by atoms with E-state index in [9.17, 15) is 19.8 Å². The van der Waals surface area contributed by atoms with Gasteiger partial charge in [-0.1, -0.05) is 91.9 Å². The SMILES string of the molecule is C[C@H](CCC/C=C/C(=O)CCc1ccc(O)c(OCCc2ccc(O)c([C@@H]3CC(=O)c4cc[nH]c4CC#Cc4cc(C(N)N)ccc43)c2)c1)CCc1ccccc1. The largest absolute Gasteiger partial charge is 0.508 e. The molecule has 0 saturated heterocycles. The predicted molar refractivity (Wildman–Crippen MR) is 225 cm³/mol. The molecule has 294 valence electrons. The van der Waals surface area contributed by atoms with Crippen LogP contribution in [0.4, 0.5) is 0 Å². The number of carbonyl (C=O) groups is 2. The van der Waals surface area contributed by atoms with Crippen LogP contribution >= 0.6 is 0 Å². The van der Waals surface area contributed by atoms with E-state index in [1.165, 1.54) is 12.0 Å². The van der Waals surface area contributed by atoms with Crippen LogP contribution in [0.1, 0.15) is 113 Å². The monoisotopic (exact) mass is 763 g/mol. The second-order valence-corrected chi connectivity index (χ2v) is 15.1. The fraction of sp³-hybridized carbons (Fsp3) is 0.306. The zero-order valence-corrected chi connectivity index (χ0v) is 32.7. The Kier molecular flexibility index (Phi) is 14.2. The summed E-state index contributed by atoms with van der Waals surface area (Å²) in [7, 11) is 0. The van der Waals surface area contributed by atoms with E-state index in [0.29, 0.717) is 54.0 Å². The Morgan fingerprint density at radius 2 is 1.68 bits per heavy atom. The third-order valence-corrected chi connectivity index (χ3v) is 10.8. The van der Waals surface area contributed by atoms with Crippen LogP contribution in [-0.4, -0.2) is 33.4 Å². The summed E-state index contributed by atoms with van der Waals surface area (Å²) in [6.07, 6.45) is 12.0. The fourth-order valence-electron chi connectivity index (χ4n) is 7.41. The number of rotatable bonds is 17. The number of hydrogen-bond acceptors (Lipinski definition) is 7. The quantitative estimate of drug-likeness (QED) is 0.0275. The number of aromatic nitrogens is 1. The van der Waals surface area contributed by atoms with Crippen molar-refractivity contribution in [2.24, 2.45) is 17.4 Å². The van der Waals surface area contributed by atoms with Crippen molar-refractivity contribution in [1.82, 2.24) is 4.98 Å². The first-order chi connectivity index (χ1) is 27.6. The molecule has 6 rings (SSSR count). The van der Waals surface area contributed by atoms with Gasteiger partial charge in [-0.15, -0.1) is 0 Å². The van der Waals surface area contributed by atoms with Crippen molar-refractivity contribution in [3.63, 3.8) is 0 Å². The molecule has 0 unspecified atom stereocenters. The average Bonchev–Trinajstić information content (AvgIpc) is 3.69. The zero-order chi connectivity index (χ0) is 40.1. The van der Waals surface area contributed by atoms with E-state index in [1.54, 1.807) is 36.5 Å². The van der Waals surface area contributed by atoms with Gasteiger partial charge in [0, 0.05) is 53.8 Å². The van der Waals surface area contributed by atoms with Gasteiger partial charge in [-0.2, -0.15) is 0 Å². The lowest BCUT2D eigenvalue weighted by Crippen LogP contribution is -2.20. The molecule has 1 aliphatic carbocycles. The molecule has 8 heteroatoms. The smallest absolute Gasteiger partial charge is 0.165 e. The second kappa shape index (κ2) is 19.8. The number of phenolic OH excluding ortho intramolecular Hbond substituents is 2. The number of aromatic amines is 1. The van der Waals surface area contributed by atoms with Gasteiger partial charge in [0.1, 0.15) is 5.75 Å². The highest BCUT2D eigenvalue weighted by molar-refractivity contribution is 5.98. The summed E-state index contributed by atoms with van der Waals surface area (Å²) in [5.41, 5.74) is 19.4. The Bertz CT molecular complexity index is 2240. The van der Waals surface area contributed by atoms with Crippen LogP contribution in [0.3, 0.4) is 0 Å². The molecule has 0 aliphatic heterocycles. The lowest BCUT2D eigenvalue weighted by Gasteiger charge is -2.22. The fourth-order valence-corrected chi connectivity index (χ4v) is 7.41. The van der Waals surface area contributed by atoms with Crippen LogP contribution in [0.25, 0.3) is 0 Å². The van der Waals surface area contributed by atoms with E-state index < -0.39 is 12.1 Å². The van der Waals surface area contributed by atoms with Crippen molar-refractivity contribution in [1.29, 1.82) is 0 Å². The van der Waals surface area contributed by atoms with Crippen molar-refractivity contribution >= 4 is 11.6 Å². The predicted octanol–water partition coefficient (Wildman–Crippen LogP) is 8.77. The van der Waals surface area contributed by atoms with E-state index in [4.69, 9.17) is 16.2 Å². The van der Waals surface area contributed by atoms with Crippen LogP contribution < -0.4 is 16.2 Å². The Morgan fingerprint density at radius 3 is 2.49 bits per heavy atom. The molecule has 0 spiro atoms. The van der Waals surface area contributed by atoms with E-state index in [0.717, 1.165) is 53.6 Å². The molecule has 1 heterocycles. The number of nitrogens with one attached hydrogen (secondary N) is 1. The standard InChI is InChI=1S/C49H53N3O5/c1-33(15-16-34-10-5-3-6-11-34)9-4-2-7-13-39(53)21-17-35-19-24-46(55)48(30-35)57-28-26-36-18-23-45(54)43(29-36)42-32-47(56)41-25-27-52-44(41)14-8-12-37-31-38(49(50)51)20-22-40(37)42/h3,5-7,10-11,13,18-20,22-25,27,29-31,33,42,49,52,54-55H,2,4,9,14-17,21,26,28,32,50-51H2,1H3/b13-7+/t33-,42-/m1/s1. The minimum Gasteiger partial charge on any atom is -0.508 e. The van der Waals surface area contributed by atoms with Gasteiger partial charge in [-0.25, -0.2) is 0 Å². The highest BCUT2D eigenvalue weighted by Crippen LogP contribution is 2.38. The number of hydrogen-bond donors (Lipinski definition) is 5. The van der Waals surface area contributed by atoms with Gasteiger partial charge >= 0.3 is 0 Å². The summed E-state index contributed by atoms with van der Waals surface area (Å²) in [6.45, 7) is 2.55. The van der Waals surface area contributed by atoms with Gasteiger partial charge in [0.15, 0.2) is 23.1 Å². The van der Waals surface area contributed by atoms with E-state index in [2.05, 4.69) is 48.0 Å². The zero-order valence-electron chi connectivity index (χ0n) is 32.7. The number of H-pyrrole nitrogens is 1. The molecular weight excluding hydrogens is 711 g/mol. The molecule has 2 atom stereocenters. The first kappa shape index (κ1) is 40.8. The molecule has 0 fully saturated rings. The molecule has 1 aliphatic rings. The van der Waals surface area contributed by atoms with Gasteiger partial charge in [0.25, 0.3) is 0 Å². The summed E-state index contributed by atoms with van der Waals surface area (Å²) >= 11 is 0. The number of ketones is 2. The average molecular weight is 764 g/mol. The summed E-state index contributed by atoms with van der Waals surface area (Å²) in [5.74, 6) is 7.07. The normalized spacial score (nSPS) is 14.5. The molecule has 4 aromatic carbocycles. The van der Waals surface area contributed by atoms with Crippen molar-refractivity contribution in [2.75, 3.05) is 6.61 Å². The molecule has 1 aromatic heterocycles. The number of aromatic hydroxyl groups is 2. The van der Waals surface area contributed by atoms with Crippen molar-refractivity contribution in [3.8, 4) is 29.1 Å². The first-order valence-electron chi connectivity index (χ1n) is 20.0. The molecule has 0 bridgehead atoms. The van der Waals surface area contributed by atoms with Gasteiger partial charge < -0.3 is 31.4 Å². The van der Waals surface area contributed by atoms with Crippen LogP contribution in [0.15, 0.2) is 109 Å². The number of phenols is 2. The molecule has 5 aromatic rings. The highest BCUT2D eigenvalue weighted by Gasteiger charge is 2.27. The third-order valence-electron chi connectivity index (χ3n) is 10.8. The van der Waals surface area contributed by atoms with Gasteiger partial charge in [0.05, 0.1) is 19.2 Å². The number of carbonyl (C=O) groups excluding carboxylic acids is 2. The minimum absolute atomic E-state index is 0.0211. The van der Waals surface area contributed by atoms with Crippen molar-refractivity contribution in [3.05, 3.63) is 160 Å². The summed E-state index contributed by atoms with van der Waals surface area (Å²) in [5, 5.41) is 21.8. The first-order valence-corrected chi connectivity index (χ1v) is 20.0. The number of aryl methyl sites for hydroxylation is 2. The maximum atomic E-state index is 13.7.